The number of rotatable bonds is 5. The lowest BCUT2D eigenvalue weighted by molar-refractivity contribution is -0.121. The number of anilines is 1. The molecule has 2 fully saturated rings. The van der Waals surface area contributed by atoms with Crippen LogP contribution < -0.4 is 4.90 Å². The smallest absolute Gasteiger partial charge is 0.225 e. The van der Waals surface area contributed by atoms with Crippen LogP contribution in [-0.2, 0) is 4.79 Å². The van der Waals surface area contributed by atoms with Crippen molar-refractivity contribution < 1.29 is 4.79 Å². The van der Waals surface area contributed by atoms with E-state index < -0.39 is 0 Å². The minimum Gasteiger partial charge on any atom is -0.332 e. The van der Waals surface area contributed by atoms with Crippen molar-refractivity contribution in [3.63, 3.8) is 0 Å². The third-order valence-electron chi connectivity index (χ3n) is 5.14. The summed E-state index contributed by atoms with van der Waals surface area (Å²) in [5, 5.41) is 0. The quantitative estimate of drug-likeness (QED) is 0.609. The zero-order valence-electron chi connectivity index (χ0n) is 15.5. The van der Waals surface area contributed by atoms with Gasteiger partial charge in [-0.1, -0.05) is 25.7 Å². The van der Waals surface area contributed by atoms with Crippen LogP contribution in [0.1, 0.15) is 51.5 Å². The summed E-state index contributed by atoms with van der Waals surface area (Å²) in [7, 11) is 2.19. The normalized spacial score (nSPS) is 22.8. The van der Waals surface area contributed by atoms with Crippen LogP contribution in [0.4, 0.5) is 5.95 Å². The van der Waals surface area contributed by atoms with Crippen LogP contribution in [0.5, 0.6) is 0 Å². The average molecular weight is 340 g/mol. The molecule has 2 unspecified atom stereocenters. The maximum atomic E-state index is 11.6. The molecule has 5 nitrogen and oxygen atoms in total. The molecule has 2 bridgehead atoms. The van der Waals surface area contributed by atoms with E-state index in [0.717, 1.165) is 37.4 Å². The van der Waals surface area contributed by atoms with Gasteiger partial charge in [-0.3, -0.25) is 4.79 Å². The van der Waals surface area contributed by atoms with Crippen LogP contribution in [-0.4, -0.2) is 52.9 Å². The standard InChI is InChI=1S/C20H28N4O/c1-15(2)19(25)8-6-4-5-7-16-11-21-20(22-12-16)24-17-9-10-18(24)14-23(3)13-17/h11-12,15,17-18H,4,6,8-10,13-14H2,1-3H3. The lowest BCUT2D eigenvalue weighted by Crippen LogP contribution is -2.53. The summed E-state index contributed by atoms with van der Waals surface area (Å²) in [5.41, 5.74) is 0.848. The van der Waals surface area contributed by atoms with Crippen molar-refractivity contribution >= 4 is 11.7 Å². The highest BCUT2D eigenvalue weighted by atomic mass is 16.1. The van der Waals surface area contributed by atoms with E-state index in [0.29, 0.717) is 24.3 Å². The van der Waals surface area contributed by atoms with Gasteiger partial charge in [-0.05, 0) is 26.3 Å². The number of hydrogen-bond donors (Lipinski definition) is 0. The van der Waals surface area contributed by atoms with Crippen molar-refractivity contribution in [1.82, 2.24) is 14.9 Å². The third-order valence-corrected chi connectivity index (χ3v) is 5.14. The Bertz CT molecular complexity index is 645. The fraction of sp³-hybridized carbons (Fsp3) is 0.650. The van der Waals surface area contributed by atoms with E-state index in [2.05, 4.69) is 38.7 Å². The van der Waals surface area contributed by atoms with E-state index in [-0.39, 0.29) is 5.92 Å². The van der Waals surface area contributed by atoms with Gasteiger partial charge in [-0.2, -0.15) is 0 Å². The van der Waals surface area contributed by atoms with E-state index in [1.807, 2.05) is 26.2 Å². The minimum absolute atomic E-state index is 0.124. The van der Waals surface area contributed by atoms with E-state index >= 15 is 0 Å². The molecule has 3 rings (SSSR count). The molecule has 0 N–H and O–H groups in total. The first kappa shape index (κ1) is 17.9. The number of unbranched alkanes of at least 4 members (excludes halogenated alkanes) is 1. The molecule has 0 aromatic carbocycles. The average Bonchev–Trinajstić information content (AvgIpc) is 2.86. The number of likely N-dealkylation sites (tertiary alicyclic amines) is 1. The van der Waals surface area contributed by atoms with E-state index in [1.54, 1.807) is 0 Å². The van der Waals surface area contributed by atoms with Crippen LogP contribution in [0.15, 0.2) is 12.4 Å². The fourth-order valence-electron chi connectivity index (χ4n) is 3.76. The van der Waals surface area contributed by atoms with Crippen molar-refractivity contribution in [2.24, 2.45) is 5.92 Å². The van der Waals surface area contributed by atoms with Crippen LogP contribution in [0.3, 0.4) is 0 Å². The fourth-order valence-corrected chi connectivity index (χ4v) is 3.76. The van der Waals surface area contributed by atoms with Gasteiger partial charge in [0.25, 0.3) is 0 Å². The van der Waals surface area contributed by atoms with Gasteiger partial charge in [-0.15, -0.1) is 0 Å². The SMILES string of the molecule is CC(C)C(=O)CCCC#Cc1cnc(N2C3CCC2CN(C)C3)nc1. The van der Waals surface area contributed by atoms with Gasteiger partial charge in [0, 0.05) is 56.3 Å². The Morgan fingerprint density at radius 2 is 1.88 bits per heavy atom. The summed E-state index contributed by atoms with van der Waals surface area (Å²) in [6.07, 6.45) is 8.30. The highest BCUT2D eigenvalue weighted by Crippen LogP contribution is 2.32. The molecule has 25 heavy (non-hydrogen) atoms. The zero-order valence-corrected chi connectivity index (χ0v) is 15.5. The molecular formula is C20H28N4O. The van der Waals surface area contributed by atoms with E-state index in [4.69, 9.17) is 0 Å². The summed E-state index contributed by atoms with van der Waals surface area (Å²) in [4.78, 5) is 25.5. The lowest BCUT2D eigenvalue weighted by atomic mass is 10.0. The number of likely N-dealkylation sites (N-methyl/N-ethyl adjacent to an activating group) is 1. The van der Waals surface area contributed by atoms with Gasteiger partial charge in [0.1, 0.15) is 5.78 Å². The number of nitrogens with zero attached hydrogens (tertiary/aromatic N) is 4. The summed E-state index contributed by atoms with van der Waals surface area (Å²) in [5.74, 6) is 7.52. The maximum Gasteiger partial charge on any atom is 0.225 e. The molecule has 1 aromatic rings. The van der Waals surface area contributed by atoms with Crippen molar-refractivity contribution in [2.45, 2.75) is 58.0 Å². The van der Waals surface area contributed by atoms with Gasteiger partial charge in [0.05, 0.1) is 5.56 Å². The molecular weight excluding hydrogens is 312 g/mol. The van der Waals surface area contributed by atoms with Gasteiger partial charge in [-0.25, -0.2) is 9.97 Å². The maximum absolute atomic E-state index is 11.6. The Morgan fingerprint density at radius 1 is 1.24 bits per heavy atom. The van der Waals surface area contributed by atoms with Crippen molar-refractivity contribution in [3.05, 3.63) is 18.0 Å². The number of fused-ring (bicyclic) bond motifs is 2. The first-order valence-corrected chi connectivity index (χ1v) is 9.35. The molecule has 0 radical (unpaired) electrons. The number of ketones is 1. The second kappa shape index (κ2) is 7.97. The molecule has 2 atom stereocenters. The predicted molar refractivity (Wildman–Crippen MR) is 99.4 cm³/mol. The van der Waals surface area contributed by atoms with Crippen LogP contribution in [0.25, 0.3) is 0 Å². The summed E-state index contributed by atoms with van der Waals surface area (Å²) < 4.78 is 0. The van der Waals surface area contributed by atoms with Crippen LogP contribution in [0, 0.1) is 17.8 Å². The van der Waals surface area contributed by atoms with E-state index in [1.165, 1.54) is 12.8 Å². The van der Waals surface area contributed by atoms with Crippen LogP contribution in [0.2, 0.25) is 0 Å². The summed E-state index contributed by atoms with van der Waals surface area (Å²) >= 11 is 0. The lowest BCUT2D eigenvalue weighted by Gasteiger charge is -2.39. The minimum atomic E-state index is 0.124. The van der Waals surface area contributed by atoms with E-state index in [9.17, 15) is 4.79 Å². The Hall–Kier alpha value is -1.93. The molecule has 0 saturated carbocycles. The highest BCUT2D eigenvalue weighted by Gasteiger charge is 2.39. The number of carbonyl (C=O) groups is 1. The number of hydrogen-bond acceptors (Lipinski definition) is 5. The van der Waals surface area contributed by atoms with Gasteiger partial charge in [0.2, 0.25) is 5.95 Å². The molecule has 134 valence electrons. The number of Topliss-reactive ketones (excluding diaryl/α,β-unsaturated/α-hetero) is 1. The number of carbonyl (C=O) groups excluding carboxylic acids is 1. The number of piperazine rings is 1. The van der Waals surface area contributed by atoms with Crippen molar-refractivity contribution in [2.75, 3.05) is 25.0 Å². The molecule has 2 aliphatic rings. The summed E-state index contributed by atoms with van der Waals surface area (Å²) in [6, 6.07) is 1.08. The Morgan fingerprint density at radius 3 is 2.48 bits per heavy atom. The third kappa shape index (κ3) is 4.38. The Kier molecular flexibility index (Phi) is 5.70. The van der Waals surface area contributed by atoms with Crippen molar-refractivity contribution in [1.29, 1.82) is 0 Å². The van der Waals surface area contributed by atoms with Crippen molar-refractivity contribution in [3.8, 4) is 11.8 Å². The van der Waals surface area contributed by atoms with Gasteiger partial charge >= 0.3 is 0 Å². The van der Waals surface area contributed by atoms with Gasteiger partial charge < -0.3 is 9.80 Å². The van der Waals surface area contributed by atoms with Gasteiger partial charge in [0.15, 0.2) is 0 Å². The second-order valence-corrected chi connectivity index (χ2v) is 7.56. The molecule has 0 amide bonds. The topological polar surface area (TPSA) is 49.3 Å². The first-order chi connectivity index (χ1) is 12.0. The highest BCUT2D eigenvalue weighted by molar-refractivity contribution is 5.80. The predicted octanol–water partition coefficient (Wildman–Crippen LogP) is 2.51. The second-order valence-electron chi connectivity index (χ2n) is 7.56. The van der Waals surface area contributed by atoms with Crippen LogP contribution >= 0.6 is 0 Å². The largest absolute Gasteiger partial charge is 0.332 e. The Balaban J connectivity index is 1.53. The molecule has 3 heterocycles. The monoisotopic (exact) mass is 340 g/mol. The molecule has 2 saturated heterocycles. The molecule has 1 aromatic heterocycles. The zero-order chi connectivity index (χ0) is 17.8. The molecule has 5 heteroatoms. The summed E-state index contributed by atoms with van der Waals surface area (Å²) in [6.45, 7) is 6.08. The molecule has 0 aliphatic carbocycles. The number of aromatic nitrogens is 2. The Labute approximate surface area is 150 Å². The molecule has 0 spiro atoms. The first-order valence-electron chi connectivity index (χ1n) is 9.35. The molecule has 2 aliphatic heterocycles.